The van der Waals surface area contributed by atoms with Crippen molar-refractivity contribution in [1.29, 1.82) is 10.5 Å². The lowest BCUT2D eigenvalue weighted by Gasteiger charge is -2.12. The zero-order valence-corrected chi connectivity index (χ0v) is 10.9. The van der Waals surface area contributed by atoms with Gasteiger partial charge in [0.25, 0.3) is 0 Å². The summed E-state index contributed by atoms with van der Waals surface area (Å²) in [7, 11) is 0. The van der Waals surface area contributed by atoms with E-state index in [1.54, 1.807) is 18.3 Å². The van der Waals surface area contributed by atoms with Crippen molar-refractivity contribution in [2.75, 3.05) is 6.54 Å². The maximum atomic E-state index is 8.86. The highest BCUT2D eigenvalue weighted by atomic mass is 35.5. The average Bonchev–Trinajstić information content (AvgIpc) is 2.44. The van der Waals surface area contributed by atoms with Crippen molar-refractivity contribution in [1.82, 2.24) is 15.6 Å². The van der Waals surface area contributed by atoms with E-state index in [1.165, 1.54) is 0 Å². The molecule has 0 unspecified atom stereocenters. The summed E-state index contributed by atoms with van der Waals surface area (Å²) in [6, 6.07) is 7.14. The van der Waals surface area contributed by atoms with E-state index in [9.17, 15) is 0 Å². The van der Waals surface area contributed by atoms with E-state index in [-0.39, 0.29) is 5.57 Å². The topological polar surface area (TPSA) is 84.5 Å². The molecule has 0 radical (unpaired) electrons. The van der Waals surface area contributed by atoms with Crippen LogP contribution in [0.3, 0.4) is 0 Å². The van der Waals surface area contributed by atoms with Crippen LogP contribution >= 0.6 is 11.6 Å². The highest BCUT2D eigenvalue weighted by molar-refractivity contribution is 6.29. The van der Waals surface area contributed by atoms with E-state index in [4.69, 9.17) is 22.1 Å². The number of nitrogens with one attached hydrogen (secondary N) is 2. The van der Waals surface area contributed by atoms with E-state index in [0.29, 0.717) is 24.1 Å². The summed E-state index contributed by atoms with van der Waals surface area (Å²) in [6.07, 6.45) is 3.26. The zero-order chi connectivity index (χ0) is 14.1. The van der Waals surface area contributed by atoms with Crippen LogP contribution in [0.1, 0.15) is 5.56 Å². The third-order valence-corrected chi connectivity index (χ3v) is 2.38. The second-order valence-corrected chi connectivity index (χ2v) is 3.87. The van der Waals surface area contributed by atoms with E-state index < -0.39 is 0 Å². The quantitative estimate of drug-likeness (QED) is 0.469. The third kappa shape index (κ3) is 4.71. The van der Waals surface area contributed by atoms with E-state index >= 15 is 0 Å². The fraction of sp³-hybridized carbons (Fsp3) is 0.154. The second-order valence-electron chi connectivity index (χ2n) is 3.49. The standard InChI is InChI=1S/C13H12ClN5/c1-2-5-17-13(11(6-15)7-16)19-9-10-3-4-12(14)18-8-10/h2-4,8,17,19H,1,5,9H2. The molecular formula is C13H12ClN5. The number of hydrogen-bond donors (Lipinski definition) is 2. The van der Waals surface area contributed by atoms with Crippen molar-refractivity contribution in [3.05, 3.63) is 53.1 Å². The first-order valence-corrected chi connectivity index (χ1v) is 5.82. The summed E-state index contributed by atoms with van der Waals surface area (Å²) in [5.41, 5.74) is 0.876. The van der Waals surface area contributed by atoms with Crippen molar-refractivity contribution in [2.24, 2.45) is 0 Å². The fourth-order valence-corrected chi connectivity index (χ4v) is 1.36. The first-order chi connectivity index (χ1) is 9.21. The Labute approximate surface area is 116 Å². The van der Waals surface area contributed by atoms with E-state index in [2.05, 4.69) is 22.2 Å². The molecule has 1 rings (SSSR count). The van der Waals surface area contributed by atoms with Crippen LogP contribution in [0.15, 0.2) is 42.4 Å². The van der Waals surface area contributed by atoms with Crippen LogP contribution in [0.4, 0.5) is 0 Å². The molecule has 0 aromatic carbocycles. The molecule has 5 nitrogen and oxygen atoms in total. The number of aromatic nitrogens is 1. The van der Waals surface area contributed by atoms with Crippen LogP contribution in [0.2, 0.25) is 5.15 Å². The number of rotatable bonds is 6. The molecule has 0 saturated carbocycles. The minimum Gasteiger partial charge on any atom is -0.367 e. The smallest absolute Gasteiger partial charge is 0.169 e. The number of nitriles is 2. The molecule has 0 spiro atoms. The van der Waals surface area contributed by atoms with Gasteiger partial charge >= 0.3 is 0 Å². The van der Waals surface area contributed by atoms with Crippen molar-refractivity contribution in [3.8, 4) is 12.1 Å². The summed E-state index contributed by atoms with van der Waals surface area (Å²) >= 11 is 5.69. The molecule has 6 heteroatoms. The predicted octanol–water partition coefficient (Wildman–Crippen LogP) is 1.86. The minimum atomic E-state index is -0.0104. The van der Waals surface area contributed by atoms with Crippen molar-refractivity contribution in [2.45, 2.75) is 6.54 Å². The number of halogens is 1. The molecule has 0 amide bonds. The van der Waals surface area contributed by atoms with Gasteiger partial charge in [0.2, 0.25) is 0 Å². The lowest BCUT2D eigenvalue weighted by molar-refractivity contribution is 0.709. The Morgan fingerprint density at radius 1 is 1.37 bits per heavy atom. The van der Waals surface area contributed by atoms with Gasteiger partial charge in [-0.25, -0.2) is 4.98 Å². The molecular weight excluding hydrogens is 262 g/mol. The number of hydrogen-bond acceptors (Lipinski definition) is 5. The van der Waals surface area contributed by atoms with E-state index in [1.807, 2.05) is 18.2 Å². The SMILES string of the molecule is C=CCNC(NCc1ccc(Cl)nc1)=C(C#N)C#N. The summed E-state index contributed by atoms with van der Waals surface area (Å²) in [5.74, 6) is 0.375. The molecule has 0 saturated heterocycles. The third-order valence-electron chi connectivity index (χ3n) is 2.15. The second kappa shape index (κ2) is 7.75. The Kier molecular flexibility index (Phi) is 5.94. The van der Waals surface area contributed by atoms with Crippen molar-refractivity contribution < 1.29 is 0 Å². The molecule has 2 N–H and O–H groups in total. The molecule has 1 aromatic heterocycles. The van der Waals surface area contributed by atoms with Gasteiger partial charge in [0.1, 0.15) is 23.1 Å². The highest BCUT2D eigenvalue weighted by Crippen LogP contribution is 2.06. The average molecular weight is 274 g/mol. The monoisotopic (exact) mass is 273 g/mol. The molecule has 19 heavy (non-hydrogen) atoms. The number of nitrogens with zero attached hydrogens (tertiary/aromatic N) is 3. The predicted molar refractivity (Wildman–Crippen MR) is 72.5 cm³/mol. The Bertz CT molecular complexity index is 532. The van der Waals surface area contributed by atoms with Crippen LogP contribution in [-0.2, 0) is 6.54 Å². The fourth-order valence-electron chi connectivity index (χ4n) is 1.25. The van der Waals surface area contributed by atoms with Gasteiger partial charge in [0.05, 0.1) is 0 Å². The maximum Gasteiger partial charge on any atom is 0.169 e. The molecule has 0 fully saturated rings. The van der Waals surface area contributed by atoms with Gasteiger partial charge < -0.3 is 10.6 Å². The number of pyridine rings is 1. The first kappa shape index (κ1) is 14.6. The van der Waals surface area contributed by atoms with Crippen molar-refractivity contribution >= 4 is 11.6 Å². The first-order valence-electron chi connectivity index (χ1n) is 5.44. The van der Waals surface area contributed by atoms with Crippen LogP contribution in [0.25, 0.3) is 0 Å². The molecule has 0 atom stereocenters. The van der Waals surface area contributed by atoms with Crippen molar-refractivity contribution in [3.63, 3.8) is 0 Å². The normalized spacial score (nSPS) is 8.79. The van der Waals surface area contributed by atoms with Crippen LogP contribution in [0, 0.1) is 22.7 Å². The maximum absolute atomic E-state index is 8.86. The zero-order valence-electron chi connectivity index (χ0n) is 10.2. The lowest BCUT2D eigenvalue weighted by atomic mass is 10.2. The molecule has 1 aromatic rings. The Balaban J connectivity index is 2.77. The molecule has 1 heterocycles. The molecule has 0 aliphatic carbocycles. The summed E-state index contributed by atoms with van der Waals surface area (Å²) in [4.78, 5) is 3.95. The minimum absolute atomic E-state index is 0.0104. The lowest BCUT2D eigenvalue weighted by Crippen LogP contribution is -2.27. The van der Waals surface area contributed by atoms with Gasteiger partial charge in [-0.15, -0.1) is 6.58 Å². The van der Waals surface area contributed by atoms with Gasteiger partial charge in [0.15, 0.2) is 5.57 Å². The molecule has 0 bridgehead atoms. The Hall–Kier alpha value is -2.50. The van der Waals surface area contributed by atoms with E-state index in [0.717, 1.165) is 5.56 Å². The summed E-state index contributed by atoms with van der Waals surface area (Å²) in [5, 5.41) is 24.0. The van der Waals surface area contributed by atoms with Gasteiger partial charge in [-0.05, 0) is 11.6 Å². The summed E-state index contributed by atoms with van der Waals surface area (Å²) < 4.78 is 0. The van der Waals surface area contributed by atoms with Gasteiger partial charge in [-0.2, -0.15) is 10.5 Å². The molecule has 96 valence electrons. The molecule has 0 aliphatic heterocycles. The summed E-state index contributed by atoms with van der Waals surface area (Å²) in [6.45, 7) is 4.45. The van der Waals surface area contributed by atoms with Gasteiger partial charge in [-0.1, -0.05) is 23.7 Å². The molecule has 0 aliphatic rings. The largest absolute Gasteiger partial charge is 0.367 e. The van der Waals surface area contributed by atoms with Gasteiger partial charge in [-0.3, -0.25) is 0 Å². The number of allylic oxidation sites excluding steroid dienone is 1. The Morgan fingerprint density at radius 2 is 2.11 bits per heavy atom. The Morgan fingerprint density at radius 3 is 2.63 bits per heavy atom. The van der Waals surface area contributed by atoms with Crippen LogP contribution in [0.5, 0.6) is 0 Å². The van der Waals surface area contributed by atoms with Gasteiger partial charge in [0, 0.05) is 19.3 Å². The van der Waals surface area contributed by atoms with Crippen LogP contribution in [-0.4, -0.2) is 11.5 Å². The van der Waals surface area contributed by atoms with Crippen LogP contribution < -0.4 is 10.6 Å². The highest BCUT2D eigenvalue weighted by Gasteiger charge is 2.05.